The zero-order valence-corrected chi connectivity index (χ0v) is 21.3. The SMILES string of the molecule is Cn1ncc(-c2nc(N[C@H]3CC[C@H](NCC(=O)NCCCCNC(=O)O)CC3)ncc2F)c1CC1CC1. The number of carboxylic acid groups (broad SMARTS) is 1. The molecule has 0 unspecified atom stereocenters. The molecule has 12 heteroatoms. The highest BCUT2D eigenvalue weighted by Gasteiger charge is 2.27. The summed E-state index contributed by atoms with van der Waals surface area (Å²) >= 11 is 0. The highest BCUT2D eigenvalue weighted by molar-refractivity contribution is 5.78. The summed E-state index contributed by atoms with van der Waals surface area (Å²) in [4.78, 5) is 31.1. The number of nitrogens with one attached hydrogen (secondary N) is 4. The van der Waals surface area contributed by atoms with Gasteiger partial charge >= 0.3 is 6.09 Å². The summed E-state index contributed by atoms with van der Waals surface area (Å²) < 4.78 is 16.5. The van der Waals surface area contributed by atoms with Crippen molar-refractivity contribution in [2.75, 3.05) is 25.0 Å². The molecular weight excluding hydrogens is 479 g/mol. The maximum absolute atomic E-state index is 14.7. The second-order valence-electron chi connectivity index (χ2n) is 10.0. The topological polar surface area (TPSA) is 146 Å². The van der Waals surface area contributed by atoms with Crippen molar-refractivity contribution in [1.82, 2.24) is 35.7 Å². The van der Waals surface area contributed by atoms with Crippen LogP contribution < -0.4 is 21.3 Å². The van der Waals surface area contributed by atoms with E-state index in [9.17, 15) is 14.0 Å². The predicted octanol–water partition coefficient (Wildman–Crippen LogP) is 2.45. The van der Waals surface area contributed by atoms with Gasteiger partial charge in [0.25, 0.3) is 0 Å². The fourth-order valence-corrected chi connectivity index (χ4v) is 4.72. The van der Waals surface area contributed by atoms with E-state index in [1.165, 1.54) is 19.0 Å². The summed E-state index contributed by atoms with van der Waals surface area (Å²) in [7, 11) is 1.89. The first-order valence-corrected chi connectivity index (χ1v) is 13.2. The van der Waals surface area contributed by atoms with Gasteiger partial charge in [-0.15, -0.1) is 0 Å². The highest BCUT2D eigenvalue weighted by Crippen LogP contribution is 2.36. The Morgan fingerprint density at radius 2 is 1.76 bits per heavy atom. The van der Waals surface area contributed by atoms with Crippen molar-refractivity contribution < 1.29 is 19.1 Å². The minimum Gasteiger partial charge on any atom is -0.465 e. The third-order valence-electron chi connectivity index (χ3n) is 7.05. The number of amides is 2. The number of rotatable bonds is 13. The van der Waals surface area contributed by atoms with E-state index in [-0.39, 0.29) is 24.5 Å². The molecule has 2 aromatic rings. The van der Waals surface area contributed by atoms with Crippen LogP contribution in [0, 0.1) is 11.7 Å². The lowest BCUT2D eigenvalue weighted by Gasteiger charge is -2.29. The van der Waals surface area contributed by atoms with Gasteiger partial charge < -0.3 is 26.4 Å². The summed E-state index contributed by atoms with van der Waals surface area (Å²) in [6.07, 6.45) is 10.2. The molecule has 11 nitrogen and oxygen atoms in total. The number of aromatic nitrogens is 4. The summed E-state index contributed by atoms with van der Waals surface area (Å²) in [6, 6.07) is 0.443. The molecule has 202 valence electrons. The smallest absolute Gasteiger partial charge is 0.404 e. The van der Waals surface area contributed by atoms with Gasteiger partial charge in [-0.05, 0) is 63.7 Å². The van der Waals surface area contributed by atoms with Gasteiger partial charge in [-0.25, -0.2) is 19.2 Å². The number of carbonyl (C=O) groups excluding carboxylic acids is 1. The van der Waals surface area contributed by atoms with Gasteiger partial charge in [0.2, 0.25) is 11.9 Å². The van der Waals surface area contributed by atoms with Crippen LogP contribution in [-0.4, -0.2) is 68.6 Å². The molecule has 2 aromatic heterocycles. The van der Waals surface area contributed by atoms with Gasteiger partial charge in [0, 0.05) is 43.5 Å². The Morgan fingerprint density at radius 3 is 2.46 bits per heavy atom. The predicted molar refractivity (Wildman–Crippen MR) is 137 cm³/mol. The van der Waals surface area contributed by atoms with E-state index in [4.69, 9.17) is 5.11 Å². The number of aryl methyl sites for hydroxylation is 1. The summed E-state index contributed by atoms with van der Waals surface area (Å²) in [5.41, 5.74) is 2.04. The lowest BCUT2D eigenvalue weighted by atomic mass is 9.91. The van der Waals surface area contributed by atoms with E-state index in [1.807, 2.05) is 11.7 Å². The number of halogens is 1. The molecule has 5 N–H and O–H groups in total. The van der Waals surface area contributed by atoms with Crippen LogP contribution in [0.4, 0.5) is 15.1 Å². The van der Waals surface area contributed by atoms with E-state index in [1.54, 1.807) is 6.20 Å². The highest BCUT2D eigenvalue weighted by atomic mass is 19.1. The molecule has 0 radical (unpaired) electrons. The number of carbonyl (C=O) groups is 2. The number of hydrogen-bond acceptors (Lipinski definition) is 7. The molecule has 0 saturated heterocycles. The third kappa shape index (κ3) is 8.11. The number of hydrogen-bond donors (Lipinski definition) is 5. The molecule has 0 aliphatic heterocycles. The first-order chi connectivity index (χ1) is 17.9. The Hall–Kier alpha value is -3.28. The molecule has 2 saturated carbocycles. The lowest BCUT2D eigenvalue weighted by molar-refractivity contribution is -0.120. The van der Waals surface area contributed by atoms with Crippen molar-refractivity contribution in [2.45, 2.75) is 69.9 Å². The van der Waals surface area contributed by atoms with E-state index in [0.717, 1.165) is 49.8 Å². The largest absolute Gasteiger partial charge is 0.465 e. The number of unbranched alkanes of at least 4 members (excludes halogenated alkanes) is 1. The van der Waals surface area contributed by atoms with Gasteiger partial charge in [0.1, 0.15) is 5.69 Å². The van der Waals surface area contributed by atoms with E-state index in [2.05, 4.69) is 36.3 Å². The average Bonchev–Trinajstić information content (AvgIpc) is 3.63. The molecule has 2 heterocycles. The van der Waals surface area contributed by atoms with Crippen molar-refractivity contribution >= 4 is 17.9 Å². The molecule has 37 heavy (non-hydrogen) atoms. The van der Waals surface area contributed by atoms with Crippen LogP contribution >= 0.6 is 0 Å². The minimum atomic E-state index is -1.03. The summed E-state index contributed by atoms with van der Waals surface area (Å²) in [6.45, 7) is 1.17. The van der Waals surface area contributed by atoms with Gasteiger partial charge in [-0.3, -0.25) is 9.48 Å². The standard InChI is InChI=1S/C25H37FN8O3/c1-34-21(12-16-4-5-16)19(13-31-34)23-20(26)14-30-24(33-23)32-18-8-6-17(7-9-18)29-15-22(35)27-10-2-3-11-28-25(36)37/h13-14,16-18,28-29H,2-12,15H2,1H3,(H,27,35)(H,36,37)(H,30,32,33)/t17-,18-. The molecular formula is C25H37FN8O3. The van der Waals surface area contributed by atoms with E-state index >= 15 is 0 Å². The van der Waals surface area contributed by atoms with E-state index in [0.29, 0.717) is 37.1 Å². The van der Waals surface area contributed by atoms with Gasteiger partial charge in [0.15, 0.2) is 5.82 Å². The Bertz CT molecular complexity index is 1070. The Labute approximate surface area is 216 Å². The van der Waals surface area contributed by atoms with Crippen molar-refractivity contribution in [2.24, 2.45) is 13.0 Å². The molecule has 0 bridgehead atoms. The van der Waals surface area contributed by atoms with Crippen LogP contribution in [0.15, 0.2) is 12.4 Å². The summed E-state index contributed by atoms with van der Waals surface area (Å²) in [5.74, 6) is 0.570. The first kappa shape index (κ1) is 26.8. The quantitative estimate of drug-likeness (QED) is 0.255. The first-order valence-electron chi connectivity index (χ1n) is 13.2. The van der Waals surface area contributed by atoms with Crippen molar-refractivity contribution in [3.63, 3.8) is 0 Å². The zero-order chi connectivity index (χ0) is 26.2. The molecule has 0 aromatic carbocycles. The number of nitrogens with zero attached hydrogens (tertiary/aromatic N) is 4. The van der Waals surface area contributed by atoms with Crippen LogP contribution in [0.5, 0.6) is 0 Å². The number of anilines is 1. The maximum atomic E-state index is 14.7. The van der Waals surface area contributed by atoms with Crippen LogP contribution in [0.2, 0.25) is 0 Å². The fourth-order valence-electron chi connectivity index (χ4n) is 4.72. The second kappa shape index (κ2) is 12.8. The minimum absolute atomic E-state index is 0.0601. The van der Waals surface area contributed by atoms with Crippen LogP contribution in [0.25, 0.3) is 11.3 Å². The zero-order valence-electron chi connectivity index (χ0n) is 21.3. The van der Waals surface area contributed by atoms with Crippen LogP contribution in [-0.2, 0) is 18.3 Å². The molecule has 0 spiro atoms. The van der Waals surface area contributed by atoms with Crippen LogP contribution in [0.1, 0.15) is 57.1 Å². The summed E-state index contributed by atoms with van der Waals surface area (Å²) in [5, 5.41) is 24.7. The molecule has 4 rings (SSSR count). The monoisotopic (exact) mass is 516 g/mol. The van der Waals surface area contributed by atoms with Gasteiger partial charge in [-0.2, -0.15) is 5.10 Å². The van der Waals surface area contributed by atoms with Crippen molar-refractivity contribution in [1.29, 1.82) is 0 Å². The lowest BCUT2D eigenvalue weighted by Crippen LogP contribution is -2.42. The second-order valence-corrected chi connectivity index (χ2v) is 10.0. The van der Waals surface area contributed by atoms with Crippen molar-refractivity contribution in [3.8, 4) is 11.3 Å². The average molecular weight is 517 g/mol. The Balaban J connectivity index is 1.19. The Kier molecular flexibility index (Phi) is 9.26. The van der Waals surface area contributed by atoms with Gasteiger partial charge in [-0.1, -0.05) is 0 Å². The molecule has 2 fully saturated rings. The maximum Gasteiger partial charge on any atom is 0.404 e. The molecule has 0 atom stereocenters. The normalized spacial score (nSPS) is 19.4. The molecule has 2 amide bonds. The van der Waals surface area contributed by atoms with Crippen molar-refractivity contribution in [3.05, 3.63) is 23.9 Å². The fraction of sp³-hybridized carbons (Fsp3) is 0.640. The third-order valence-corrected chi connectivity index (χ3v) is 7.05. The Morgan fingerprint density at radius 1 is 1.05 bits per heavy atom. The van der Waals surface area contributed by atoms with Gasteiger partial charge in [0.05, 0.1) is 18.9 Å². The molecule has 2 aliphatic rings. The van der Waals surface area contributed by atoms with E-state index < -0.39 is 11.9 Å². The molecule has 2 aliphatic carbocycles. The van der Waals surface area contributed by atoms with Crippen LogP contribution in [0.3, 0.4) is 0 Å².